The van der Waals surface area contributed by atoms with E-state index in [1.54, 1.807) is 0 Å². The van der Waals surface area contributed by atoms with Crippen molar-refractivity contribution in [3.63, 3.8) is 0 Å². The number of rotatable bonds is 10. The molecule has 0 atom stereocenters. The van der Waals surface area contributed by atoms with Crippen LogP contribution in [0.25, 0.3) is 0 Å². The molecule has 1 N–H and O–H groups in total. The first-order valence-electron chi connectivity index (χ1n) is 7.73. The van der Waals surface area contributed by atoms with Crippen molar-refractivity contribution in [1.82, 2.24) is 5.32 Å². The largest absolute Gasteiger partial charge is 0.352 e. The van der Waals surface area contributed by atoms with Gasteiger partial charge in [-0.05, 0) is 24.1 Å². The lowest BCUT2D eigenvalue weighted by atomic mass is 10.1. The van der Waals surface area contributed by atoms with Crippen LogP contribution in [0.4, 0.5) is 0 Å². The van der Waals surface area contributed by atoms with Crippen LogP contribution in [0.15, 0.2) is 28.7 Å². The molecule has 0 unspecified atom stereocenters. The van der Waals surface area contributed by atoms with Gasteiger partial charge in [-0.1, -0.05) is 73.5 Å². The van der Waals surface area contributed by atoms with Crippen molar-refractivity contribution < 1.29 is 4.79 Å². The van der Waals surface area contributed by atoms with Gasteiger partial charge in [-0.2, -0.15) is 0 Å². The SMILES string of the molecule is CCCCCCCCCC(=O)NCc1ccc(Br)cc1. The first-order valence-corrected chi connectivity index (χ1v) is 8.53. The molecular weight excluding hydrogens is 314 g/mol. The molecule has 0 bridgehead atoms. The third-order valence-corrected chi connectivity index (χ3v) is 3.94. The topological polar surface area (TPSA) is 29.1 Å². The summed E-state index contributed by atoms with van der Waals surface area (Å²) in [5.41, 5.74) is 1.14. The van der Waals surface area contributed by atoms with Crippen molar-refractivity contribution in [2.24, 2.45) is 0 Å². The molecule has 0 fully saturated rings. The minimum Gasteiger partial charge on any atom is -0.352 e. The minimum absolute atomic E-state index is 0.168. The molecule has 0 aliphatic carbocycles. The maximum Gasteiger partial charge on any atom is 0.220 e. The summed E-state index contributed by atoms with van der Waals surface area (Å²) in [5.74, 6) is 0.168. The van der Waals surface area contributed by atoms with E-state index in [0.29, 0.717) is 13.0 Å². The number of hydrogen-bond acceptors (Lipinski definition) is 1. The molecule has 1 rings (SSSR count). The molecule has 1 aromatic carbocycles. The molecule has 0 heterocycles. The molecule has 0 aliphatic heterocycles. The second-order valence-corrected chi connectivity index (χ2v) is 6.19. The number of carbonyl (C=O) groups excluding carboxylic acids is 1. The van der Waals surface area contributed by atoms with Crippen LogP contribution in [0.5, 0.6) is 0 Å². The molecule has 112 valence electrons. The summed E-state index contributed by atoms with van der Waals surface area (Å²) < 4.78 is 1.07. The van der Waals surface area contributed by atoms with Gasteiger partial charge in [-0.15, -0.1) is 0 Å². The first kappa shape index (κ1) is 17.2. The number of benzene rings is 1. The molecule has 0 radical (unpaired) electrons. The number of carbonyl (C=O) groups is 1. The molecule has 1 amide bonds. The molecule has 20 heavy (non-hydrogen) atoms. The quantitative estimate of drug-likeness (QED) is 0.582. The third-order valence-electron chi connectivity index (χ3n) is 3.41. The van der Waals surface area contributed by atoms with Crippen LogP contribution in [-0.4, -0.2) is 5.91 Å². The Morgan fingerprint density at radius 1 is 1.00 bits per heavy atom. The van der Waals surface area contributed by atoms with Gasteiger partial charge in [-0.25, -0.2) is 0 Å². The van der Waals surface area contributed by atoms with Crippen LogP contribution >= 0.6 is 15.9 Å². The zero-order chi connectivity index (χ0) is 14.6. The zero-order valence-electron chi connectivity index (χ0n) is 12.5. The van der Waals surface area contributed by atoms with E-state index in [1.807, 2.05) is 24.3 Å². The molecule has 0 aliphatic rings. The fourth-order valence-corrected chi connectivity index (χ4v) is 2.40. The summed E-state index contributed by atoms with van der Waals surface area (Å²) in [5, 5.41) is 2.98. The normalized spacial score (nSPS) is 10.5. The number of nitrogens with one attached hydrogen (secondary N) is 1. The van der Waals surface area contributed by atoms with Crippen LogP contribution in [0.3, 0.4) is 0 Å². The number of amides is 1. The van der Waals surface area contributed by atoms with Crippen molar-refractivity contribution in [2.45, 2.75) is 64.8 Å². The summed E-state index contributed by atoms with van der Waals surface area (Å²) in [6, 6.07) is 8.05. The van der Waals surface area contributed by atoms with E-state index < -0.39 is 0 Å². The van der Waals surface area contributed by atoms with Gasteiger partial charge in [-0.3, -0.25) is 4.79 Å². The minimum atomic E-state index is 0.168. The third kappa shape index (κ3) is 8.36. The van der Waals surface area contributed by atoms with Gasteiger partial charge in [0, 0.05) is 17.4 Å². The molecule has 0 spiro atoms. The Kier molecular flexibility index (Phi) is 9.38. The van der Waals surface area contributed by atoms with E-state index in [9.17, 15) is 4.79 Å². The highest BCUT2D eigenvalue weighted by Gasteiger charge is 2.01. The van der Waals surface area contributed by atoms with Crippen molar-refractivity contribution in [1.29, 1.82) is 0 Å². The lowest BCUT2D eigenvalue weighted by Gasteiger charge is -2.05. The predicted molar refractivity (Wildman–Crippen MR) is 88.6 cm³/mol. The van der Waals surface area contributed by atoms with Gasteiger partial charge >= 0.3 is 0 Å². The fraction of sp³-hybridized carbons (Fsp3) is 0.588. The van der Waals surface area contributed by atoms with E-state index in [-0.39, 0.29) is 5.91 Å². The smallest absolute Gasteiger partial charge is 0.220 e. The van der Waals surface area contributed by atoms with Crippen LogP contribution in [0.1, 0.15) is 63.9 Å². The van der Waals surface area contributed by atoms with Crippen molar-refractivity contribution in [3.05, 3.63) is 34.3 Å². The van der Waals surface area contributed by atoms with Gasteiger partial charge in [0.25, 0.3) is 0 Å². The number of hydrogen-bond donors (Lipinski definition) is 1. The zero-order valence-corrected chi connectivity index (χ0v) is 14.0. The van der Waals surface area contributed by atoms with Gasteiger partial charge in [0.2, 0.25) is 5.91 Å². The summed E-state index contributed by atoms with van der Waals surface area (Å²) >= 11 is 3.40. The summed E-state index contributed by atoms with van der Waals surface area (Å²) in [4.78, 5) is 11.7. The van der Waals surface area contributed by atoms with Gasteiger partial charge in [0.15, 0.2) is 0 Å². The lowest BCUT2D eigenvalue weighted by Crippen LogP contribution is -2.22. The molecule has 0 saturated heterocycles. The Bertz CT molecular complexity index is 375. The molecular formula is C17H26BrNO. The summed E-state index contributed by atoms with van der Waals surface area (Å²) in [7, 11) is 0. The summed E-state index contributed by atoms with van der Waals surface area (Å²) in [6.45, 7) is 2.86. The summed E-state index contributed by atoms with van der Waals surface area (Å²) in [6.07, 6.45) is 9.39. The van der Waals surface area contributed by atoms with Gasteiger partial charge in [0.05, 0.1) is 0 Å². The highest BCUT2D eigenvalue weighted by atomic mass is 79.9. The van der Waals surface area contributed by atoms with Crippen molar-refractivity contribution in [2.75, 3.05) is 0 Å². The highest BCUT2D eigenvalue weighted by Crippen LogP contribution is 2.11. The Morgan fingerprint density at radius 2 is 1.60 bits per heavy atom. The average Bonchev–Trinajstić information content (AvgIpc) is 2.46. The van der Waals surface area contributed by atoms with E-state index >= 15 is 0 Å². The predicted octanol–water partition coefficient (Wildman–Crippen LogP) is 5.21. The van der Waals surface area contributed by atoms with Crippen LogP contribution in [0, 0.1) is 0 Å². The van der Waals surface area contributed by atoms with Crippen molar-refractivity contribution >= 4 is 21.8 Å². The second-order valence-electron chi connectivity index (χ2n) is 5.27. The molecule has 3 heteroatoms. The Labute approximate surface area is 131 Å². The van der Waals surface area contributed by atoms with Crippen molar-refractivity contribution in [3.8, 4) is 0 Å². The van der Waals surface area contributed by atoms with Gasteiger partial charge in [0.1, 0.15) is 0 Å². The average molecular weight is 340 g/mol. The number of halogens is 1. The molecule has 2 nitrogen and oxygen atoms in total. The molecule has 0 aromatic heterocycles. The maximum atomic E-state index is 11.7. The van der Waals surface area contributed by atoms with Gasteiger partial charge < -0.3 is 5.32 Å². The monoisotopic (exact) mass is 339 g/mol. The highest BCUT2D eigenvalue weighted by molar-refractivity contribution is 9.10. The number of unbranched alkanes of at least 4 members (excludes halogenated alkanes) is 6. The van der Waals surface area contributed by atoms with Crippen LogP contribution < -0.4 is 5.32 Å². The van der Waals surface area contributed by atoms with E-state index in [4.69, 9.17) is 0 Å². The Morgan fingerprint density at radius 3 is 2.25 bits per heavy atom. The lowest BCUT2D eigenvalue weighted by molar-refractivity contribution is -0.121. The van der Waals surface area contributed by atoms with E-state index in [1.165, 1.54) is 38.5 Å². The Hall–Kier alpha value is -0.830. The molecule has 0 saturated carbocycles. The first-order chi connectivity index (χ1) is 9.72. The van der Waals surface area contributed by atoms with E-state index in [2.05, 4.69) is 28.2 Å². The van der Waals surface area contributed by atoms with Crippen LogP contribution in [-0.2, 0) is 11.3 Å². The standard InChI is InChI=1S/C17H26BrNO/c1-2-3-4-5-6-7-8-9-17(20)19-14-15-10-12-16(18)13-11-15/h10-13H,2-9,14H2,1H3,(H,19,20). The Balaban J connectivity index is 2.01. The maximum absolute atomic E-state index is 11.7. The second kappa shape index (κ2) is 10.9. The molecule has 1 aromatic rings. The van der Waals surface area contributed by atoms with E-state index in [0.717, 1.165) is 16.5 Å². The fourth-order valence-electron chi connectivity index (χ4n) is 2.13. The van der Waals surface area contributed by atoms with Crippen LogP contribution in [0.2, 0.25) is 0 Å².